The van der Waals surface area contributed by atoms with Crippen LogP contribution in [0, 0.1) is 0 Å². The number of anilines is 1. The Labute approximate surface area is 151 Å². The monoisotopic (exact) mass is 382 g/mol. The van der Waals surface area contributed by atoms with Gasteiger partial charge in [-0.15, -0.1) is 0 Å². The van der Waals surface area contributed by atoms with E-state index in [1.807, 2.05) is 0 Å². The van der Waals surface area contributed by atoms with Gasteiger partial charge in [-0.1, -0.05) is 0 Å². The third kappa shape index (κ3) is 2.48. The third-order valence-corrected chi connectivity index (χ3v) is 5.01. The van der Waals surface area contributed by atoms with Gasteiger partial charge in [0.2, 0.25) is 5.95 Å². The van der Waals surface area contributed by atoms with Gasteiger partial charge in [0.15, 0.2) is 17.5 Å². The highest BCUT2D eigenvalue weighted by Gasteiger charge is 2.65. The van der Waals surface area contributed by atoms with Crippen LogP contribution in [-0.2, 0) is 14.3 Å². The molecular weight excluding hydrogens is 364 g/mol. The molecule has 2 aliphatic heterocycles. The molecule has 0 aromatic carbocycles. The number of aliphatic hydroxyl groups is 3. The van der Waals surface area contributed by atoms with E-state index in [2.05, 4.69) is 15.0 Å². The molecule has 2 fully saturated rings. The second-order valence-electron chi connectivity index (χ2n) is 6.55. The van der Waals surface area contributed by atoms with Gasteiger partial charge < -0.3 is 41.4 Å². The maximum Gasteiger partial charge on any atom is 0.323 e. The van der Waals surface area contributed by atoms with Crippen molar-refractivity contribution < 1.29 is 34.7 Å². The van der Waals surface area contributed by atoms with Crippen LogP contribution < -0.4 is 11.5 Å². The van der Waals surface area contributed by atoms with Crippen LogP contribution in [0.1, 0.15) is 6.23 Å². The number of aliphatic carboxylic acids is 1. The summed E-state index contributed by atoms with van der Waals surface area (Å²) in [5, 5.41) is 41.0. The van der Waals surface area contributed by atoms with Crippen molar-refractivity contribution in [3.8, 4) is 0 Å². The van der Waals surface area contributed by atoms with Crippen molar-refractivity contribution in [3.63, 3.8) is 0 Å². The van der Waals surface area contributed by atoms with Crippen LogP contribution in [0.3, 0.4) is 0 Å². The van der Waals surface area contributed by atoms with Crippen LogP contribution in [0.2, 0.25) is 0 Å². The quantitative estimate of drug-likeness (QED) is 0.306. The van der Waals surface area contributed by atoms with Crippen molar-refractivity contribution in [2.24, 2.45) is 5.73 Å². The van der Waals surface area contributed by atoms with Gasteiger partial charge in [-0.05, 0) is 0 Å². The number of nitrogens with zero attached hydrogens (tertiary/aromatic N) is 4. The molecule has 4 heterocycles. The van der Waals surface area contributed by atoms with E-state index in [1.54, 1.807) is 0 Å². The Morgan fingerprint density at radius 1 is 1.41 bits per heavy atom. The lowest BCUT2D eigenvalue weighted by molar-refractivity contribution is -0.285. The Morgan fingerprint density at radius 2 is 2.15 bits per heavy atom. The number of imidazole rings is 1. The highest BCUT2D eigenvalue weighted by atomic mass is 16.6. The van der Waals surface area contributed by atoms with Crippen LogP contribution in [0.15, 0.2) is 12.5 Å². The van der Waals surface area contributed by atoms with E-state index in [9.17, 15) is 25.2 Å². The second kappa shape index (κ2) is 6.05. The van der Waals surface area contributed by atoms with Crippen molar-refractivity contribution in [3.05, 3.63) is 12.5 Å². The van der Waals surface area contributed by atoms with E-state index < -0.39 is 48.3 Å². The Bertz CT molecular complexity index is 892. The minimum Gasteiger partial charge on any atom is -0.480 e. The molecule has 0 bridgehead atoms. The summed E-state index contributed by atoms with van der Waals surface area (Å²) in [7, 11) is 0. The van der Waals surface area contributed by atoms with Gasteiger partial charge in [0.25, 0.3) is 0 Å². The van der Waals surface area contributed by atoms with Gasteiger partial charge in [-0.3, -0.25) is 9.36 Å². The van der Waals surface area contributed by atoms with Gasteiger partial charge in [-0.2, -0.15) is 4.98 Å². The fourth-order valence-electron chi connectivity index (χ4n) is 3.56. The van der Waals surface area contributed by atoms with Crippen molar-refractivity contribution in [1.82, 2.24) is 19.5 Å². The van der Waals surface area contributed by atoms with Crippen molar-refractivity contribution in [1.29, 1.82) is 0 Å². The maximum absolute atomic E-state index is 11.3. The summed E-state index contributed by atoms with van der Waals surface area (Å²) in [6.45, 7) is -0.295. The maximum atomic E-state index is 11.3. The zero-order valence-electron chi connectivity index (χ0n) is 13.8. The standard InChI is InChI=1S/C14H18N6O7/c15-6(12(23)24)7-8(22)14(25)5(21)2-26-9(14)11(27-7)20-3-18-4-1-17-13(16)19-10(4)20/h1,3,5-9,11,21-22,25H,2,15H2,(H,23,24)(H2,16,17,19)/t5-,6+,7-,8-,9+,11-,14-/m1/s1. The molecule has 0 spiro atoms. The first-order valence-corrected chi connectivity index (χ1v) is 8.04. The molecule has 0 unspecified atom stereocenters. The number of nitrogens with two attached hydrogens (primary N) is 2. The molecule has 0 aliphatic carbocycles. The van der Waals surface area contributed by atoms with E-state index in [-0.39, 0.29) is 18.2 Å². The second-order valence-corrected chi connectivity index (χ2v) is 6.55. The molecule has 146 valence electrons. The molecule has 2 aromatic heterocycles. The van der Waals surface area contributed by atoms with Crippen LogP contribution in [0.25, 0.3) is 11.2 Å². The highest BCUT2D eigenvalue weighted by Crippen LogP contribution is 2.44. The van der Waals surface area contributed by atoms with E-state index >= 15 is 0 Å². The Balaban J connectivity index is 1.83. The van der Waals surface area contributed by atoms with E-state index in [0.717, 1.165) is 0 Å². The first-order valence-electron chi connectivity index (χ1n) is 8.04. The number of aromatic nitrogens is 4. The van der Waals surface area contributed by atoms with Gasteiger partial charge in [-0.25, -0.2) is 9.97 Å². The van der Waals surface area contributed by atoms with E-state index in [4.69, 9.17) is 20.9 Å². The largest absolute Gasteiger partial charge is 0.480 e. The molecule has 7 atom stereocenters. The SMILES string of the molecule is Nc1ncc2ncn([C@@H]3O[C@H]([C@H](N)C(=O)O)[C@@H](O)[C@]4(O)[C@H](O)CO[C@@H]34)c2n1. The first kappa shape index (κ1) is 18.0. The van der Waals surface area contributed by atoms with Crippen LogP contribution in [0.4, 0.5) is 5.95 Å². The number of carboxylic acids is 1. The molecule has 0 radical (unpaired) electrons. The van der Waals surface area contributed by atoms with Crippen LogP contribution in [0.5, 0.6) is 0 Å². The molecule has 27 heavy (non-hydrogen) atoms. The molecule has 13 heteroatoms. The van der Waals surface area contributed by atoms with Crippen molar-refractivity contribution in [2.75, 3.05) is 12.3 Å². The smallest absolute Gasteiger partial charge is 0.323 e. The zero-order valence-corrected chi connectivity index (χ0v) is 13.8. The minimum atomic E-state index is -2.21. The van der Waals surface area contributed by atoms with Gasteiger partial charge in [0.1, 0.15) is 36.0 Å². The van der Waals surface area contributed by atoms with E-state index in [1.165, 1.54) is 17.1 Å². The Morgan fingerprint density at radius 3 is 2.85 bits per heavy atom. The third-order valence-electron chi connectivity index (χ3n) is 5.01. The summed E-state index contributed by atoms with van der Waals surface area (Å²) in [6, 6.07) is -1.67. The lowest BCUT2D eigenvalue weighted by Crippen LogP contribution is -2.70. The minimum absolute atomic E-state index is 0.0403. The molecule has 0 amide bonds. The number of hydrogen-bond acceptors (Lipinski definition) is 11. The lowest BCUT2D eigenvalue weighted by atomic mass is 9.79. The van der Waals surface area contributed by atoms with Crippen LogP contribution >= 0.6 is 0 Å². The summed E-state index contributed by atoms with van der Waals surface area (Å²) >= 11 is 0. The molecule has 2 aliphatic rings. The van der Waals surface area contributed by atoms with E-state index in [0.29, 0.717) is 5.52 Å². The molecule has 8 N–H and O–H groups in total. The average molecular weight is 382 g/mol. The number of aliphatic hydroxyl groups excluding tert-OH is 2. The first-order chi connectivity index (χ1) is 12.7. The number of fused-ring (bicyclic) bond motifs is 2. The predicted octanol–water partition coefficient (Wildman–Crippen LogP) is -3.43. The summed E-state index contributed by atoms with van der Waals surface area (Å²) in [5.41, 5.74) is 9.63. The molecule has 2 aromatic rings. The number of carboxylic acid groups (broad SMARTS) is 1. The number of hydrogen-bond donors (Lipinski definition) is 6. The number of ether oxygens (including phenoxy) is 2. The summed E-state index contributed by atoms with van der Waals surface area (Å²) in [4.78, 5) is 23.3. The van der Waals surface area contributed by atoms with Gasteiger partial charge in [0, 0.05) is 0 Å². The topological polar surface area (TPSA) is 212 Å². The van der Waals surface area contributed by atoms with Crippen LogP contribution in [-0.4, -0.2) is 88.6 Å². The number of carbonyl (C=O) groups is 1. The van der Waals surface area contributed by atoms with Gasteiger partial charge in [0.05, 0.1) is 19.1 Å². The highest BCUT2D eigenvalue weighted by molar-refractivity contribution is 5.74. The molecule has 4 rings (SSSR count). The fraction of sp³-hybridized carbons (Fsp3) is 0.571. The zero-order chi connectivity index (χ0) is 19.5. The Hall–Kier alpha value is -2.42. The predicted molar refractivity (Wildman–Crippen MR) is 86.0 cm³/mol. The van der Waals surface area contributed by atoms with Crippen molar-refractivity contribution in [2.45, 2.75) is 42.3 Å². The lowest BCUT2D eigenvalue weighted by Gasteiger charge is -2.48. The molecule has 2 saturated heterocycles. The molecule has 13 nitrogen and oxygen atoms in total. The average Bonchev–Trinajstić information content (AvgIpc) is 3.17. The number of nitrogen functional groups attached to an aromatic ring is 1. The van der Waals surface area contributed by atoms with Gasteiger partial charge >= 0.3 is 5.97 Å². The summed E-state index contributed by atoms with van der Waals surface area (Å²) < 4.78 is 12.5. The number of rotatable bonds is 3. The molecular formula is C14H18N6O7. The summed E-state index contributed by atoms with van der Waals surface area (Å²) in [6.07, 6.45) is -4.57. The summed E-state index contributed by atoms with van der Waals surface area (Å²) in [5.74, 6) is -1.49. The molecule has 0 saturated carbocycles. The Kier molecular flexibility index (Phi) is 4.03. The normalized spacial score (nSPS) is 37.3. The fourth-order valence-corrected chi connectivity index (χ4v) is 3.56. The van der Waals surface area contributed by atoms with Crippen molar-refractivity contribution >= 4 is 23.1 Å².